The van der Waals surface area contributed by atoms with E-state index in [4.69, 9.17) is 0 Å². The maximum atomic E-state index is 13.7. The van der Waals surface area contributed by atoms with Crippen molar-refractivity contribution >= 4 is 11.8 Å². The molecule has 0 bridgehead atoms. The largest absolute Gasteiger partial charge is 0.389 e. The van der Waals surface area contributed by atoms with Gasteiger partial charge in [-0.3, -0.25) is 9.59 Å². The van der Waals surface area contributed by atoms with Crippen molar-refractivity contribution in [2.45, 2.75) is 56.0 Å². The minimum Gasteiger partial charge on any atom is -0.389 e. The van der Waals surface area contributed by atoms with E-state index in [1.807, 2.05) is 82.6 Å². The summed E-state index contributed by atoms with van der Waals surface area (Å²) in [6, 6.07) is 22.4. The number of carbonyl (C=O) groups excluding carboxylic acids is 2. The SMILES string of the molecule is N#CC1(c2ccccc2)CCN(C(=O)C2CC=CCC2C(=O)N2CCC(O)(Cc3ccccc3)CC2)CC1. The highest BCUT2D eigenvalue weighted by molar-refractivity contribution is 5.88. The van der Waals surface area contributed by atoms with E-state index in [0.717, 1.165) is 11.1 Å². The predicted molar refractivity (Wildman–Crippen MR) is 146 cm³/mol. The van der Waals surface area contributed by atoms with E-state index >= 15 is 0 Å². The van der Waals surface area contributed by atoms with Gasteiger partial charge < -0.3 is 14.9 Å². The van der Waals surface area contributed by atoms with E-state index in [9.17, 15) is 20.0 Å². The highest BCUT2D eigenvalue weighted by atomic mass is 16.3. The van der Waals surface area contributed by atoms with Crippen molar-refractivity contribution in [2.24, 2.45) is 11.8 Å². The fourth-order valence-corrected chi connectivity index (χ4v) is 6.46. The fraction of sp³-hybridized carbons (Fsp3) is 0.469. The van der Waals surface area contributed by atoms with Crippen molar-refractivity contribution in [3.8, 4) is 6.07 Å². The van der Waals surface area contributed by atoms with E-state index in [-0.39, 0.29) is 23.7 Å². The molecule has 38 heavy (non-hydrogen) atoms. The lowest BCUT2D eigenvalue weighted by Crippen LogP contribution is -2.53. The van der Waals surface area contributed by atoms with Gasteiger partial charge in [-0.25, -0.2) is 0 Å². The molecule has 6 nitrogen and oxygen atoms in total. The number of allylic oxidation sites excluding steroid dienone is 2. The van der Waals surface area contributed by atoms with Gasteiger partial charge in [-0.1, -0.05) is 72.8 Å². The van der Waals surface area contributed by atoms with Crippen molar-refractivity contribution in [3.63, 3.8) is 0 Å². The molecule has 2 aliphatic heterocycles. The number of hydrogen-bond acceptors (Lipinski definition) is 4. The number of hydrogen-bond donors (Lipinski definition) is 1. The maximum absolute atomic E-state index is 13.7. The molecule has 2 saturated heterocycles. The van der Waals surface area contributed by atoms with Gasteiger partial charge in [0.05, 0.1) is 28.9 Å². The average Bonchev–Trinajstić information content (AvgIpc) is 2.98. The summed E-state index contributed by atoms with van der Waals surface area (Å²) in [5, 5.41) is 21.2. The lowest BCUT2D eigenvalue weighted by molar-refractivity contribution is -0.149. The Hall–Kier alpha value is -3.43. The van der Waals surface area contributed by atoms with Crippen molar-refractivity contribution in [1.29, 1.82) is 5.26 Å². The molecule has 0 aromatic heterocycles. The second-order valence-electron chi connectivity index (χ2n) is 11.3. The summed E-state index contributed by atoms with van der Waals surface area (Å²) in [5.74, 6) is -0.680. The molecule has 2 amide bonds. The van der Waals surface area contributed by atoms with Crippen LogP contribution in [0.3, 0.4) is 0 Å². The highest BCUT2D eigenvalue weighted by Crippen LogP contribution is 2.37. The zero-order valence-corrected chi connectivity index (χ0v) is 22.0. The molecular formula is C32H37N3O3. The first-order chi connectivity index (χ1) is 18.4. The quantitative estimate of drug-likeness (QED) is 0.609. The topological polar surface area (TPSA) is 84.6 Å². The summed E-state index contributed by atoms with van der Waals surface area (Å²) in [5.41, 5.74) is 0.747. The van der Waals surface area contributed by atoms with Gasteiger partial charge in [0.25, 0.3) is 0 Å². The number of carbonyl (C=O) groups is 2. The Balaban J connectivity index is 1.20. The van der Waals surface area contributed by atoms with E-state index < -0.39 is 11.0 Å². The third-order valence-corrected chi connectivity index (χ3v) is 8.92. The second-order valence-corrected chi connectivity index (χ2v) is 11.3. The Kier molecular flexibility index (Phi) is 7.67. The lowest BCUT2D eigenvalue weighted by Gasteiger charge is -2.42. The monoisotopic (exact) mass is 511 g/mol. The molecule has 2 aromatic rings. The van der Waals surface area contributed by atoms with Crippen LogP contribution in [-0.4, -0.2) is 58.5 Å². The molecule has 1 aliphatic carbocycles. The van der Waals surface area contributed by atoms with E-state index in [0.29, 0.717) is 71.1 Å². The first kappa shape index (κ1) is 26.2. The summed E-state index contributed by atoms with van der Waals surface area (Å²) in [6.45, 7) is 2.07. The van der Waals surface area contributed by atoms with Crippen LogP contribution in [0.25, 0.3) is 0 Å². The molecule has 2 fully saturated rings. The van der Waals surface area contributed by atoms with Crippen LogP contribution >= 0.6 is 0 Å². The van der Waals surface area contributed by atoms with Crippen molar-refractivity contribution in [2.75, 3.05) is 26.2 Å². The molecule has 5 rings (SSSR count). The van der Waals surface area contributed by atoms with Crippen molar-refractivity contribution in [1.82, 2.24) is 9.80 Å². The Morgan fingerprint density at radius 1 is 0.789 bits per heavy atom. The van der Waals surface area contributed by atoms with Gasteiger partial charge in [0.2, 0.25) is 11.8 Å². The fourth-order valence-electron chi connectivity index (χ4n) is 6.46. The van der Waals surface area contributed by atoms with Crippen LogP contribution in [0.4, 0.5) is 0 Å². The number of nitrogens with zero attached hydrogens (tertiary/aromatic N) is 3. The minimum atomic E-state index is -0.806. The summed E-state index contributed by atoms with van der Waals surface area (Å²) in [6.07, 6.45) is 8.06. The van der Waals surface area contributed by atoms with Crippen LogP contribution in [0, 0.1) is 23.2 Å². The molecule has 6 heteroatoms. The standard InChI is InChI=1S/C32H37N3O3/c33-24-31(26-11-5-2-6-12-26)15-19-34(20-16-31)29(36)27-13-7-8-14-28(27)30(37)35-21-17-32(38,18-22-35)23-25-9-3-1-4-10-25/h1-12,27-28,38H,13-23H2. The van der Waals surface area contributed by atoms with Gasteiger partial charge in [0, 0.05) is 32.6 Å². The molecule has 2 aromatic carbocycles. The zero-order valence-electron chi connectivity index (χ0n) is 22.0. The number of benzene rings is 2. The van der Waals surface area contributed by atoms with Crippen molar-refractivity contribution < 1.29 is 14.7 Å². The average molecular weight is 512 g/mol. The van der Waals surface area contributed by atoms with Crippen LogP contribution in [0.5, 0.6) is 0 Å². The number of piperidine rings is 2. The number of likely N-dealkylation sites (tertiary alicyclic amines) is 2. The van der Waals surface area contributed by atoms with Gasteiger partial charge in [0.1, 0.15) is 0 Å². The summed E-state index contributed by atoms with van der Waals surface area (Å²) < 4.78 is 0. The molecule has 0 radical (unpaired) electrons. The molecule has 198 valence electrons. The van der Waals surface area contributed by atoms with E-state index in [1.165, 1.54) is 0 Å². The molecule has 2 atom stereocenters. The zero-order chi connectivity index (χ0) is 26.6. The van der Waals surface area contributed by atoms with E-state index in [1.54, 1.807) is 0 Å². The third kappa shape index (κ3) is 5.39. The lowest BCUT2D eigenvalue weighted by atomic mass is 9.73. The molecule has 2 heterocycles. The summed E-state index contributed by atoms with van der Waals surface area (Å²) >= 11 is 0. The second kappa shape index (κ2) is 11.1. The van der Waals surface area contributed by atoms with Crippen LogP contribution in [0.1, 0.15) is 49.7 Å². The van der Waals surface area contributed by atoms with Crippen molar-refractivity contribution in [3.05, 3.63) is 83.9 Å². The Labute approximate surface area is 225 Å². The number of nitriles is 1. The van der Waals surface area contributed by atoms with Crippen LogP contribution in [0.15, 0.2) is 72.8 Å². The van der Waals surface area contributed by atoms with Crippen LogP contribution in [0.2, 0.25) is 0 Å². The third-order valence-electron chi connectivity index (χ3n) is 8.92. The molecule has 3 aliphatic rings. The van der Waals surface area contributed by atoms with Gasteiger partial charge in [-0.05, 0) is 49.7 Å². The summed E-state index contributed by atoms with van der Waals surface area (Å²) in [4.78, 5) is 31.1. The van der Waals surface area contributed by atoms with Crippen LogP contribution < -0.4 is 0 Å². The molecular weight excluding hydrogens is 474 g/mol. The molecule has 0 saturated carbocycles. The maximum Gasteiger partial charge on any atom is 0.226 e. The molecule has 2 unspecified atom stereocenters. The van der Waals surface area contributed by atoms with Gasteiger partial charge in [-0.15, -0.1) is 0 Å². The number of rotatable bonds is 5. The smallest absolute Gasteiger partial charge is 0.226 e. The Morgan fingerprint density at radius 3 is 1.76 bits per heavy atom. The van der Waals surface area contributed by atoms with Gasteiger partial charge >= 0.3 is 0 Å². The minimum absolute atomic E-state index is 0.0297. The van der Waals surface area contributed by atoms with E-state index in [2.05, 4.69) is 6.07 Å². The van der Waals surface area contributed by atoms with Crippen LogP contribution in [-0.2, 0) is 21.4 Å². The Morgan fingerprint density at radius 2 is 1.26 bits per heavy atom. The first-order valence-corrected chi connectivity index (χ1v) is 13.9. The first-order valence-electron chi connectivity index (χ1n) is 13.9. The van der Waals surface area contributed by atoms with Gasteiger partial charge in [-0.2, -0.15) is 5.26 Å². The molecule has 0 spiro atoms. The number of aliphatic hydroxyl groups is 1. The number of amides is 2. The normalized spacial score (nSPS) is 24.4. The predicted octanol–water partition coefficient (Wildman–Crippen LogP) is 4.25. The highest BCUT2D eigenvalue weighted by Gasteiger charge is 2.43. The summed E-state index contributed by atoms with van der Waals surface area (Å²) in [7, 11) is 0. The van der Waals surface area contributed by atoms with Gasteiger partial charge in [0.15, 0.2) is 0 Å². The Bertz CT molecular complexity index is 1190. The molecule has 1 N–H and O–H groups in total.